The van der Waals surface area contributed by atoms with E-state index in [1.54, 1.807) is 0 Å². The first-order valence-corrected chi connectivity index (χ1v) is 5.13. The highest BCUT2D eigenvalue weighted by Crippen LogP contribution is 2.19. The van der Waals surface area contributed by atoms with Crippen LogP contribution in [0, 0.1) is 0 Å². The lowest BCUT2D eigenvalue weighted by Crippen LogP contribution is -2.30. The minimum absolute atomic E-state index is 0.793. The number of aldehydes is 1. The maximum absolute atomic E-state index is 10.6. The average molecular weight is 189 g/mol. The SMILES string of the molecule is CCN1CCc2ccc(C=O)cc2C1. The molecule has 1 aliphatic heterocycles. The molecule has 1 aromatic rings. The van der Waals surface area contributed by atoms with Gasteiger partial charge in [-0.05, 0) is 30.2 Å². The van der Waals surface area contributed by atoms with Crippen LogP contribution in [0.25, 0.3) is 0 Å². The molecule has 0 bridgehead atoms. The number of rotatable bonds is 2. The first kappa shape index (κ1) is 9.41. The third-order valence-corrected chi connectivity index (χ3v) is 2.90. The van der Waals surface area contributed by atoms with Crippen LogP contribution in [0.3, 0.4) is 0 Å². The fraction of sp³-hybridized carbons (Fsp3) is 0.417. The Kier molecular flexibility index (Phi) is 2.64. The van der Waals surface area contributed by atoms with Gasteiger partial charge in [0, 0.05) is 18.7 Å². The molecule has 0 spiro atoms. The molecule has 1 heterocycles. The van der Waals surface area contributed by atoms with Crippen LogP contribution in [0.2, 0.25) is 0 Å². The van der Waals surface area contributed by atoms with E-state index in [0.717, 1.165) is 37.9 Å². The van der Waals surface area contributed by atoms with E-state index in [1.165, 1.54) is 11.1 Å². The number of carbonyl (C=O) groups excluding carboxylic acids is 1. The van der Waals surface area contributed by atoms with Crippen molar-refractivity contribution in [3.8, 4) is 0 Å². The fourth-order valence-corrected chi connectivity index (χ4v) is 1.98. The van der Waals surface area contributed by atoms with E-state index in [9.17, 15) is 4.79 Å². The number of carbonyl (C=O) groups is 1. The molecule has 0 atom stereocenters. The molecule has 1 aromatic carbocycles. The molecular formula is C12H15NO. The van der Waals surface area contributed by atoms with Crippen molar-refractivity contribution >= 4 is 6.29 Å². The molecule has 1 aliphatic rings. The van der Waals surface area contributed by atoms with Gasteiger partial charge in [0.05, 0.1) is 0 Å². The van der Waals surface area contributed by atoms with Crippen molar-refractivity contribution in [2.75, 3.05) is 13.1 Å². The normalized spacial score (nSPS) is 16.4. The van der Waals surface area contributed by atoms with Gasteiger partial charge in [0.25, 0.3) is 0 Å². The van der Waals surface area contributed by atoms with Crippen molar-refractivity contribution in [2.45, 2.75) is 19.9 Å². The molecule has 2 heteroatoms. The van der Waals surface area contributed by atoms with E-state index in [0.29, 0.717) is 0 Å². The fourth-order valence-electron chi connectivity index (χ4n) is 1.98. The zero-order valence-corrected chi connectivity index (χ0v) is 8.49. The minimum atomic E-state index is 0.793. The van der Waals surface area contributed by atoms with Crippen molar-refractivity contribution in [1.29, 1.82) is 0 Å². The molecule has 0 saturated carbocycles. The van der Waals surface area contributed by atoms with Crippen LogP contribution in [0.15, 0.2) is 18.2 Å². The summed E-state index contributed by atoms with van der Waals surface area (Å²) >= 11 is 0. The Morgan fingerprint density at radius 1 is 1.43 bits per heavy atom. The van der Waals surface area contributed by atoms with Gasteiger partial charge in [-0.1, -0.05) is 19.1 Å². The number of likely N-dealkylation sites (N-methyl/N-ethyl adjacent to an activating group) is 1. The predicted molar refractivity (Wildman–Crippen MR) is 56.5 cm³/mol. The smallest absolute Gasteiger partial charge is 0.150 e. The molecular weight excluding hydrogens is 174 g/mol. The van der Waals surface area contributed by atoms with E-state index in [2.05, 4.69) is 17.9 Å². The van der Waals surface area contributed by atoms with Crippen molar-refractivity contribution in [3.63, 3.8) is 0 Å². The molecule has 2 rings (SSSR count). The Morgan fingerprint density at radius 2 is 2.29 bits per heavy atom. The molecule has 0 radical (unpaired) electrons. The first-order chi connectivity index (χ1) is 6.83. The molecule has 0 amide bonds. The van der Waals surface area contributed by atoms with Crippen LogP contribution in [-0.4, -0.2) is 24.3 Å². The van der Waals surface area contributed by atoms with Gasteiger partial charge >= 0.3 is 0 Å². The zero-order chi connectivity index (χ0) is 9.97. The monoisotopic (exact) mass is 189 g/mol. The largest absolute Gasteiger partial charge is 0.299 e. The number of fused-ring (bicyclic) bond motifs is 1. The van der Waals surface area contributed by atoms with E-state index in [4.69, 9.17) is 0 Å². The summed E-state index contributed by atoms with van der Waals surface area (Å²) in [6.07, 6.45) is 2.04. The molecule has 0 saturated heterocycles. The Labute approximate surface area is 84.5 Å². The van der Waals surface area contributed by atoms with Gasteiger partial charge < -0.3 is 0 Å². The Hall–Kier alpha value is -1.15. The topological polar surface area (TPSA) is 20.3 Å². The van der Waals surface area contributed by atoms with Gasteiger partial charge in [0.1, 0.15) is 6.29 Å². The molecule has 0 aromatic heterocycles. The molecule has 0 aliphatic carbocycles. The predicted octanol–water partition coefficient (Wildman–Crippen LogP) is 1.88. The molecule has 74 valence electrons. The summed E-state index contributed by atoms with van der Waals surface area (Å²) < 4.78 is 0. The number of hydrogen-bond acceptors (Lipinski definition) is 2. The van der Waals surface area contributed by atoms with Gasteiger partial charge in [-0.2, -0.15) is 0 Å². The van der Waals surface area contributed by atoms with Gasteiger partial charge in [0.2, 0.25) is 0 Å². The summed E-state index contributed by atoms with van der Waals surface area (Å²) in [5, 5.41) is 0. The number of benzene rings is 1. The maximum Gasteiger partial charge on any atom is 0.150 e. The minimum Gasteiger partial charge on any atom is -0.299 e. The zero-order valence-electron chi connectivity index (χ0n) is 8.49. The number of hydrogen-bond donors (Lipinski definition) is 0. The highest BCUT2D eigenvalue weighted by atomic mass is 16.1. The second-order valence-electron chi connectivity index (χ2n) is 3.76. The molecule has 2 nitrogen and oxygen atoms in total. The van der Waals surface area contributed by atoms with Crippen LogP contribution < -0.4 is 0 Å². The quantitative estimate of drug-likeness (QED) is 0.662. The second kappa shape index (κ2) is 3.93. The summed E-state index contributed by atoms with van der Waals surface area (Å²) in [4.78, 5) is 13.0. The average Bonchev–Trinajstić information content (AvgIpc) is 2.27. The van der Waals surface area contributed by atoms with Gasteiger partial charge in [0.15, 0.2) is 0 Å². The van der Waals surface area contributed by atoms with Crippen molar-refractivity contribution in [1.82, 2.24) is 4.90 Å². The van der Waals surface area contributed by atoms with E-state index < -0.39 is 0 Å². The summed E-state index contributed by atoms with van der Waals surface area (Å²) in [7, 11) is 0. The summed E-state index contributed by atoms with van der Waals surface area (Å²) in [5.41, 5.74) is 3.52. The van der Waals surface area contributed by atoms with Gasteiger partial charge in [-0.15, -0.1) is 0 Å². The lowest BCUT2D eigenvalue weighted by atomic mass is 9.98. The summed E-state index contributed by atoms with van der Waals surface area (Å²) in [6, 6.07) is 6.02. The third kappa shape index (κ3) is 1.70. The van der Waals surface area contributed by atoms with E-state index in [-0.39, 0.29) is 0 Å². The molecule has 14 heavy (non-hydrogen) atoms. The van der Waals surface area contributed by atoms with Gasteiger partial charge in [-0.3, -0.25) is 9.69 Å². The number of nitrogens with zero attached hydrogens (tertiary/aromatic N) is 1. The maximum atomic E-state index is 10.6. The lowest BCUT2D eigenvalue weighted by Gasteiger charge is -2.27. The van der Waals surface area contributed by atoms with Gasteiger partial charge in [-0.25, -0.2) is 0 Å². The third-order valence-electron chi connectivity index (χ3n) is 2.90. The lowest BCUT2D eigenvalue weighted by molar-refractivity contribution is 0.112. The van der Waals surface area contributed by atoms with Crippen LogP contribution >= 0.6 is 0 Å². The van der Waals surface area contributed by atoms with E-state index in [1.807, 2.05) is 12.1 Å². The Morgan fingerprint density at radius 3 is 3.00 bits per heavy atom. The highest BCUT2D eigenvalue weighted by molar-refractivity contribution is 5.75. The van der Waals surface area contributed by atoms with Crippen LogP contribution in [-0.2, 0) is 13.0 Å². The molecule has 0 unspecified atom stereocenters. The van der Waals surface area contributed by atoms with Crippen LogP contribution in [0.4, 0.5) is 0 Å². The Balaban J connectivity index is 2.29. The van der Waals surface area contributed by atoms with Crippen LogP contribution in [0.1, 0.15) is 28.4 Å². The molecule has 0 fully saturated rings. The second-order valence-corrected chi connectivity index (χ2v) is 3.76. The Bertz CT molecular complexity index is 346. The first-order valence-electron chi connectivity index (χ1n) is 5.13. The standard InChI is InChI=1S/C12H15NO/c1-2-13-6-5-11-4-3-10(9-14)7-12(11)8-13/h3-4,7,9H,2,5-6,8H2,1H3. The van der Waals surface area contributed by atoms with E-state index >= 15 is 0 Å². The molecule has 0 N–H and O–H groups in total. The summed E-state index contributed by atoms with van der Waals surface area (Å²) in [5.74, 6) is 0. The highest BCUT2D eigenvalue weighted by Gasteiger charge is 2.14. The van der Waals surface area contributed by atoms with Crippen LogP contribution in [0.5, 0.6) is 0 Å². The van der Waals surface area contributed by atoms with Crippen molar-refractivity contribution < 1.29 is 4.79 Å². The summed E-state index contributed by atoms with van der Waals surface area (Å²) in [6.45, 7) is 5.40. The van der Waals surface area contributed by atoms with Crippen molar-refractivity contribution in [2.24, 2.45) is 0 Å². The van der Waals surface area contributed by atoms with Crippen molar-refractivity contribution in [3.05, 3.63) is 34.9 Å².